The van der Waals surface area contributed by atoms with Crippen LogP contribution < -0.4 is 11.1 Å². The maximum Gasteiger partial charge on any atom is 0.237 e. The average molecular weight is 266 g/mol. The summed E-state index contributed by atoms with van der Waals surface area (Å²) in [6.07, 6.45) is 1.23. The highest BCUT2D eigenvalue weighted by molar-refractivity contribution is 5.82. The molecule has 1 atom stereocenters. The van der Waals surface area contributed by atoms with Crippen LogP contribution in [0.2, 0.25) is 0 Å². The van der Waals surface area contributed by atoms with Crippen molar-refractivity contribution in [2.75, 3.05) is 13.2 Å². The molecule has 19 heavy (non-hydrogen) atoms. The number of carbonyl (C=O) groups is 1. The highest BCUT2D eigenvalue weighted by Gasteiger charge is 2.26. The molecule has 1 rings (SSSR count). The number of hydrogen-bond acceptors (Lipinski definition) is 4. The van der Waals surface area contributed by atoms with Crippen molar-refractivity contribution in [2.24, 2.45) is 5.73 Å². The smallest absolute Gasteiger partial charge is 0.237 e. The van der Waals surface area contributed by atoms with Crippen LogP contribution in [-0.2, 0) is 11.2 Å². The van der Waals surface area contributed by atoms with Gasteiger partial charge in [-0.25, -0.2) is 0 Å². The first-order chi connectivity index (χ1) is 9.00. The first kappa shape index (κ1) is 15.6. The number of benzene rings is 1. The predicted octanol–water partition coefficient (Wildman–Crippen LogP) is -0.194. The van der Waals surface area contributed by atoms with Gasteiger partial charge in [0.2, 0.25) is 5.91 Å². The highest BCUT2D eigenvalue weighted by Crippen LogP contribution is 2.06. The SMILES string of the molecule is CC(CO)(CO)NC(=O)C(N)CCc1ccccc1. The Bertz CT molecular complexity index is 391. The van der Waals surface area contributed by atoms with Gasteiger partial charge in [-0.3, -0.25) is 4.79 Å². The standard InChI is InChI=1S/C14H22N2O3/c1-14(9-17,10-18)16-13(19)12(15)8-7-11-5-3-2-4-6-11/h2-6,12,17-18H,7-10,15H2,1H3,(H,16,19). The van der Waals surface area contributed by atoms with Crippen LogP contribution in [0.1, 0.15) is 18.9 Å². The van der Waals surface area contributed by atoms with Crippen LogP contribution in [0.25, 0.3) is 0 Å². The lowest BCUT2D eigenvalue weighted by Crippen LogP contribution is -2.56. The molecule has 5 heteroatoms. The zero-order valence-corrected chi connectivity index (χ0v) is 11.2. The molecule has 1 amide bonds. The van der Waals surface area contributed by atoms with E-state index in [0.717, 1.165) is 5.56 Å². The zero-order valence-electron chi connectivity index (χ0n) is 11.2. The number of rotatable bonds is 7. The molecule has 1 unspecified atom stereocenters. The number of aliphatic hydroxyl groups is 2. The lowest BCUT2D eigenvalue weighted by molar-refractivity contribution is -0.125. The summed E-state index contributed by atoms with van der Waals surface area (Å²) in [5.74, 6) is -0.360. The molecular formula is C14H22N2O3. The van der Waals surface area contributed by atoms with E-state index in [1.807, 2.05) is 30.3 Å². The molecule has 0 heterocycles. The van der Waals surface area contributed by atoms with Gasteiger partial charge in [-0.05, 0) is 25.3 Å². The number of carbonyl (C=O) groups excluding carboxylic acids is 1. The Morgan fingerprint density at radius 1 is 1.32 bits per heavy atom. The number of aliphatic hydroxyl groups excluding tert-OH is 2. The fraction of sp³-hybridized carbons (Fsp3) is 0.500. The van der Waals surface area contributed by atoms with Crippen LogP contribution >= 0.6 is 0 Å². The Morgan fingerprint density at radius 3 is 2.42 bits per heavy atom. The van der Waals surface area contributed by atoms with Crippen LogP contribution in [0.15, 0.2) is 30.3 Å². The van der Waals surface area contributed by atoms with E-state index < -0.39 is 11.6 Å². The molecular weight excluding hydrogens is 244 g/mol. The third-order valence-electron chi connectivity index (χ3n) is 3.05. The summed E-state index contributed by atoms with van der Waals surface area (Å²) in [6.45, 7) is 0.899. The third-order valence-corrected chi connectivity index (χ3v) is 3.05. The maximum absolute atomic E-state index is 11.8. The molecule has 0 saturated carbocycles. The van der Waals surface area contributed by atoms with Crippen LogP contribution in [0, 0.1) is 0 Å². The molecule has 5 N–H and O–H groups in total. The molecule has 0 aliphatic heterocycles. The summed E-state index contributed by atoms with van der Waals surface area (Å²) in [5, 5.41) is 20.8. The molecule has 0 spiro atoms. The van der Waals surface area contributed by atoms with Crippen LogP contribution in [0.4, 0.5) is 0 Å². The normalized spacial score (nSPS) is 13.1. The van der Waals surface area contributed by atoms with E-state index in [9.17, 15) is 4.79 Å². The Labute approximate surface area is 113 Å². The number of nitrogens with one attached hydrogen (secondary N) is 1. The van der Waals surface area contributed by atoms with Gasteiger partial charge in [-0.2, -0.15) is 0 Å². The maximum atomic E-state index is 11.8. The van der Waals surface area contributed by atoms with E-state index in [-0.39, 0.29) is 19.1 Å². The minimum atomic E-state index is -1.03. The van der Waals surface area contributed by atoms with E-state index in [1.165, 1.54) is 0 Å². The molecule has 0 saturated heterocycles. The Morgan fingerprint density at radius 2 is 1.89 bits per heavy atom. The van der Waals surface area contributed by atoms with Gasteiger partial charge in [-0.1, -0.05) is 30.3 Å². The molecule has 0 aliphatic rings. The fourth-order valence-electron chi connectivity index (χ4n) is 1.62. The van der Waals surface area contributed by atoms with Crippen molar-refractivity contribution in [1.82, 2.24) is 5.32 Å². The van der Waals surface area contributed by atoms with Gasteiger partial charge >= 0.3 is 0 Å². The van der Waals surface area contributed by atoms with E-state index in [2.05, 4.69) is 5.32 Å². The minimum Gasteiger partial charge on any atom is -0.394 e. The van der Waals surface area contributed by atoms with Crippen LogP contribution in [-0.4, -0.2) is 40.9 Å². The fourth-order valence-corrected chi connectivity index (χ4v) is 1.62. The second-order valence-electron chi connectivity index (χ2n) is 5.00. The summed E-state index contributed by atoms with van der Waals surface area (Å²) < 4.78 is 0. The first-order valence-electron chi connectivity index (χ1n) is 6.34. The Hall–Kier alpha value is -1.43. The molecule has 106 valence electrons. The quantitative estimate of drug-likeness (QED) is 0.550. The molecule has 1 aromatic rings. The average Bonchev–Trinajstić information content (AvgIpc) is 2.45. The summed E-state index contributed by atoms with van der Waals surface area (Å²) in [7, 11) is 0. The lowest BCUT2D eigenvalue weighted by atomic mass is 10.0. The molecule has 0 aliphatic carbocycles. The number of hydrogen-bond donors (Lipinski definition) is 4. The zero-order chi connectivity index (χ0) is 14.3. The highest BCUT2D eigenvalue weighted by atomic mass is 16.3. The number of amides is 1. The molecule has 0 bridgehead atoms. The van der Waals surface area contributed by atoms with Gasteiger partial charge in [0.05, 0.1) is 24.8 Å². The van der Waals surface area contributed by atoms with Crippen molar-refractivity contribution in [1.29, 1.82) is 0 Å². The molecule has 5 nitrogen and oxygen atoms in total. The van der Waals surface area contributed by atoms with Crippen molar-refractivity contribution in [3.8, 4) is 0 Å². The molecule has 1 aromatic carbocycles. The third kappa shape index (κ3) is 4.98. The van der Waals surface area contributed by atoms with Gasteiger partial charge in [0, 0.05) is 0 Å². The van der Waals surface area contributed by atoms with Gasteiger partial charge in [0.25, 0.3) is 0 Å². The number of nitrogens with two attached hydrogens (primary N) is 1. The van der Waals surface area contributed by atoms with E-state index in [0.29, 0.717) is 12.8 Å². The van der Waals surface area contributed by atoms with E-state index >= 15 is 0 Å². The van der Waals surface area contributed by atoms with Gasteiger partial charge in [-0.15, -0.1) is 0 Å². The summed E-state index contributed by atoms with van der Waals surface area (Å²) in [4.78, 5) is 11.8. The molecule has 0 aromatic heterocycles. The molecule has 0 radical (unpaired) electrons. The van der Waals surface area contributed by atoms with Crippen LogP contribution in [0.3, 0.4) is 0 Å². The van der Waals surface area contributed by atoms with Crippen molar-refractivity contribution in [2.45, 2.75) is 31.3 Å². The van der Waals surface area contributed by atoms with Crippen molar-refractivity contribution in [3.63, 3.8) is 0 Å². The van der Waals surface area contributed by atoms with Crippen molar-refractivity contribution in [3.05, 3.63) is 35.9 Å². The van der Waals surface area contributed by atoms with E-state index in [1.54, 1.807) is 6.92 Å². The monoisotopic (exact) mass is 266 g/mol. The van der Waals surface area contributed by atoms with Crippen molar-refractivity contribution < 1.29 is 15.0 Å². The Kier molecular flexibility index (Phi) is 5.95. The second kappa shape index (κ2) is 7.23. The summed E-state index contributed by atoms with van der Waals surface area (Å²) >= 11 is 0. The van der Waals surface area contributed by atoms with Gasteiger partial charge in [0.15, 0.2) is 0 Å². The van der Waals surface area contributed by atoms with Crippen LogP contribution in [0.5, 0.6) is 0 Å². The summed E-state index contributed by atoms with van der Waals surface area (Å²) in [5.41, 5.74) is 5.90. The number of aryl methyl sites for hydroxylation is 1. The largest absolute Gasteiger partial charge is 0.394 e. The Balaban J connectivity index is 2.45. The molecule has 0 fully saturated rings. The lowest BCUT2D eigenvalue weighted by Gasteiger charge is -2.27. The summed E-state index contributed by atoms with van der Waals surface area (Å²) in [6, 6.07) is 9.12. The van der Waals surface area contributed by atoms with Gasteiger partial charge in [0.1, 0.15) is 0 Å². The van der Waals surface area contributed by atoms with E-state index in [4.69, 9.17) is 15.9 Å². The topological polar surface area (TPSA) is 95.6 Å². The minimum absolute atomic E-state index is 0.333. The van der Waals surface area contributed by atoms with Crippen molar-refractivity contribution >= 4 is 5.91 Å². The van der Waals surface area contributed by atoms with Gasteiger partial charge < -0.3 is 21.3 Å². The first-order valence-corrected chi connectivity index (χ1v) is 6.34. The second-order valence-corrected chi connectivity index (χ2v) is 5.00. The predicted molar refractivity (Wildman–Crippen MR) is 73.5 cm³/mol.